The molecule has 2 aromatic rings. The smallest absolute Gasteiger partial charge is 0.317 e. The monoisotopic (exact) mass is 393 g/mol. The van der Waals surface area contributed by atoms with E-state index in [9.17, 15) is 4.79 Å². The standard InChI is InChI=1S/C23H31N5O/c29-23(28-14-4-7-22(18-28)25-20-5-2-1-3-6-20)26-21-10-15-27(16-11-21)17-19-8-12-24-13-9-19/h1-3,5-6,8-9,12-13,21-22,25H,4,7,10-11,14-18H2,(H,26,29). The second-order valence-corrected chi connectivity index (χ2v) is 8.15. The zero-order valence-corrected chi connectivity index (χ0v) is 17.0. The molecule has 0 aliphatic carbocycles. The number of piperidine rings is 2. The normalized spacial score (nSPS) is 21.0. The summed E-state index contributed by atoms with van der Waals surface area (Å²) in [5.74, 6) is 0. The third kappa shape index (κ3) is 5.70. The zero-order valence-electron chi connectivity index (χ0n) is 17.0. The van der Waals surface area contributed by atoms with Crippen LogP contribution in [0, 0.1) is 0 Å². The molecule has 2 aliphatic rings. The quantitative estimate of drug-likeness (QED) is 0.818. The van der Waals surface area contributed by atoms with Crippen molar-refractivity contribution in [3.63, 3.8) is 0 Å². The highest BCUT2D eigenvalue weighted by Crippen LogP contribution is 2.18. The minimum Gasteiger partial charge on any atom is -0.381 e. The number of hydrogen-bond donors (Lipinski definition) is 2. The molecule has 6 heteroatoms. The van der Waals surface area contributed by atoms with Gasteiger partial charge in [-0.25, -0.2) is 4.79 Å². The van der Waals surface area contributed by atoms with E-state index in [-0.39, 0.29) is 12.1 Å². The van der Waals surface area contributed by atoms with Crippen LogP contribution in [0.2, 0.25) is 0 Å². The molecule has 0 saturated carbocycles. The van der Waals surface area contributed by atoms with Crippen LogP contribution >= 0.6 is 0 Å². The van der Waals surface area contributed by atoms with Crippen LogP contribution in [0.25, 0.3) is 0 Å². The van der Waals surface area contributed by atoms with Gasteiger partial charge >= 0.3 is 6.03 Å². The predicted octanol–water partition coefficient (Wildman–Crippen LogP) is 3.33. The summed E-state index contributed by atoms with van der Waals surface area (Å²) in [6.45, 7) is 4.61. The van der Waals surface area contributed by atoms with Crippen LogP contribution in [0.1, 0.15) is 31.2 Å². The zero-order chi connectivity index (χ0) is 19.9. The molecule has 1 atom stereocenters. The summed E-state index contributed by atoms with van der Waals surface area (Å²) in [5, 5.41) is 6.85. The van der Waals surface area contributed by atoms with Gasteiger partial charge < -0.3 is 15.5 Å². The number of pyridine rings is 1. The molecule has 2 amide bonds. The Bertz CT molecular complexity index is 761. The van der Waals surface area contributed by atoms with Gasteiger partial charge in [0.2, 0.25) is 0 Å². The van der Waals surface area contributed by atoms with Crippen molar-refractivity contribution in [3.05, 3.63) is 60.4 Å². The average Bonchev–Trinajstić information content (AvgIpc) is 2.77. The predicted molar refractivity (Wildman–Crippen MR) is 116 cm³/mol. The van der Waals surface area contributed by atoms with E-state index in [0.717, 1.165) is 64.1 Å². The summed E-state index contributed by atoms with van der Waals surface area (Å²) in [6, 6.07) is 15.1. The van der Waals surface area contributed by atoms with Crippen LogP contribution in [-0.4, -0.2) is 59.1 Å². The largest absolute Gasteiger partial charge is 0.381 e. The Morgan fingerprint density at radius 3 is 2.48 bits per heavy atom. The number of likely N-dealkylation sites (tertiary alicyclic amines) is 2. The van der Waals surface area contributed by atoms with E-state index in [1.54, 1.807) is 0 Å². The van der Waals surface area contributed by atoms with Crippen LogP contribution in [0.5, 0.6) is 0 Å². The maximum absolute atomic E-state index is 12.8. The third-order valence-corrected chi connectivity index (χ3v) is 5.92. The first-order valence-corrected chi connectivity index (χ1v) is 10.7. The number of rotatable bonds is 5. The summed E-state index contributed by atoms with van der Waals surface area (Å²) < 4.78 is 0. The van der Waals surface area contributed by atoms with E-state index in [1.165, 1.54) is 5.56 Å². The van der Waals surface area contributed by atoms with Gasteiger partial charge in [-0.15, -0.1) is 0 Å². The van der Waals surface area contributed by atoms with Crippen LogP contribution in [0.4, 0.5) is 10.5 Å². The van der Waals surface area contributed by atoms with Crippen molar-refractivity contribution in [3.8, 4) is 0 Å². The lowest BCUT2D eigenvalue weighted by Crippen LogP contribution is -2.53. The molecule has 2 aliphatic heterocycles. The van der Waals surface area contributed by atoms with Crippen LogP contribution in [-0.2, 0) is 6.54 Å². The number of carbonyl (C=O) groups is 1. The molecule has 1 aromatic heterocycles. The lowest BCUT2D eigenvalue weighted by molar-refractivity contribution is 0.160. The summed E-state index contributed by atoms with van der Waals surface area (Å²) >= 11 is 0. The van der Waals surface area contributed by atoms with Crippen molar-refractivity contribution >= 4 is 11.7 Å². The van der Waals surface area contributed by atoms with Gasteiger partial charge in [-0.1, -0.05) is 18.2 Å². The Morgan fingerprint density at radius 2 is 1.72 bits per heavy atom. The summed E-state index contributed by atoms with van der Waals surface area (Å²) in [4.78, 5) is 21.3. The number of anilines is 1. The molecular formula is C23H31N5O. The van der Waals surface area contributed by atoms with Crippen LogP contribution in [0.3, 0.4) is 0 Å². The van der Waals surface area contributed by atoms with Crippen molar-refractivity contribution in [2.24, 2.45) is 0 Å². The fourth-order valence-electron chi connectivity index (χ4n) is 4.30. The second kappa shape index (κ2) is 9.74. The highest BCUT2D eigenvalue weighted by Gasteiger charge is 2.26. The SMILES string of the molecule is O=C(NC1CCN(Cc2ccncc2)CC1)N1CCCC(Nc2ccccc2)C1. The van der Waals surface area contributed by atoms with Gasteiger partial charge in [0.05, 0.1) is 0 Å². The van der Waals surface area contributed by atoms with Crippen molar-refractivity contribution in [1.82, 2.24) is 20.1 Å². The number of urea groups is 1. The average molecular weight is 394 g/mol. The van der Waals surface area contributed by atoms with Gasteiger partial charge in [-0.2, -0.15) is 0 Å². The maximum atomic E-state index is 12.8. The number of carbonyl (C=O) groups excluding carboxylic acids is 1. The molecule has 6 nitrogen and oxygen atoms in total. The van der Waals surface area contributed by atoms with Gasteiger partial charge in [0, 0.05) is 62.9 Å². The number of benzene rings is 1. The molecule has 0 bridgehead atoms. The Labute approximate surface area is 173 Å². The number of para-hydroxylation sites is 1. The summed E-state index contributed by atoms with van der Waals surface area (Å²) in [6.07, 6.45) is 7.86. The molecule has 1 unspecified atom stereocenters. The Balaban J connectivity index is 1.21. The molecule has 2 N–H and O–H groups in total. The molecular weight excluding hydrogens is 362 g/mol. The fourth-order valence-corrected chi connectivity index (χ4v) is 4.30. The molecule has 4 rings (SSSR count). The number of hydrogen-bond acceptors (Lipinski definition) is 4. The molecule has 2 saturated heterocycles. The Morgan fingerprint density at radius 1 is 0.966 bits per heavy atom. The van der Waals surface area contributed by atoms with Crippen molar-refractivity contribution in [1.29, 1.82) is 0 Å². The number of nitrogens with one attached hydrogen (secondary N) is 2. The molecule has 154 valence electrons. The van der Waals surface area contributed by atoms with Crippen molar-refractivity contribution < 1.29 is 4.79 Å². The second-order valence-electron chi connectivity index (χ2n) is 8.15. The van der Waals surface area contributed by atoms with Crippen LogP contribution < -0.4 is 10.6 Å². The molecule has 3 heterocycles. The summed E-state index contributed by atoms with van der Waals surface area (Å²) in [7, 11) is 0. The Hall–Kier alpha value is -2.60. The summed E-state index contributed by atoms with van der Waals surface area (Å²) in [5.41, 5.74) is 2.43. The molecule has 0 spiro atoms. The van der Waals surface area contributed by atoms with Crippen molar-refractivity contribution in [2.45, 2.75) is 44.3 Å². The van der Waals surface area contributed by atoms with E-state index in [2.05, 4.69) is 44.8 Å². The van der Waals surface area contributed by atoms with E-state index in [1.807, 2.05) is 35.5 Å². The minimum absolute atomic E-state index is 0.0946. The fraction of sp³-hybridized carbons (Fsp3) is 0.478. The van der Waals surface area contributed by atoms with E-state index >= 15 is 0 Å². The van der Waals surface area contributed by atoms with E-state index in [0.29, 0.717) is 6.04 Å². The van der Waals surface area contributed by atoms with Gasteiger partial charge in [-0.05, 0) is 55.5 Å². The Kier molecular flexibility index (Phi) is 6.62. The van der Waals surface area contributed by atoms with Crippen molar-refractivity contribution in [2.75, 3.05) is 31.5 Å². The minimum atomic E-state index is 0.0946. The lowest BCUT2D eigenvalue weighted by Gasteiger charge is -2.36. The number of amides is 2. The highest BCUT2D eigenvalue weighted by molar-refractivity contribution is 5.74. The number of nitrogens with zero attached hydrogens (tertiary/aromatic N) is 3. The molecule has 29 heavy (non-hydrogen) atoms. The van der Waals surface area contributed by atoms with Gasteiger partial charge in [0.15, 0.2) is 0 Å². The molecule has 1 aromatic carbocycles. The lowest BCUT2D eigenvalue weighted by atomic mass is 10.0. The topological polar surface area (TPSA) is 60.5 Å². The first-order valence-electron chi connectivity index (χ1n) is 10.7. The third-order valence-electron chi connectivity index (χ3n) is 5.92. The first kappa shape index (κ1) is 19.7. The molecule has 0 radical (unpaired) electrons. The first-order chi connectivity index (χ1) is 14.3. The van der Waals surface area contributed by atoms with E-state index < -0.39 is 0 Å². The maximum Gasteiger partial charge on any atom is 0.317 e. The van der Waals surface area contributed by atoms with Gasteiger partial charge in [-0.3, -0.25) is 9.88 Å². The molecule has 2 fully saturated rings. The van der Waals surface area contributed by atoms with Gasteiger partial charge in [0.1, 0.15) is 0 Å². The van der Waals surface area contributed by atoms with Gasteiger partial charge in [0.25, 0.3) is 0 Å². The van der Waals surface area contributed by atoms with Crippen LogP contribution in [0.15, 0.2) is 54.9 Å². The number of aromatic nitrogens is 1. The highest BCUT2D eigenvalue weighted by atomic mass is 16.2. The van der Waals surface area contributed by atoms with E-state index in [4.69, 9.17) is 0 Å².